The van der Waals surface area contributed by atoms with Crippen LogP contribution in [0.5, 0.6) is 0 Å². The lowest BCUT2D eigenvalue weighted by Crippen LogP contribution is -2.25. The summed E-state index contributed by atoms with van der Waals surface area (Å²) in [6.07, 6.45) is 0.719. The van der Waals surface area contributed by atoms with E-state index in [1.807, 2.05) is 47.8 Å². The first-order valence-electron chi connectivity index (χ1n) is 7.26. The highest BCUT2D eigenvalue weighted by molar-refractivity contribution is 7.09. The molecule has 0 aliphatic heterocycles. The van der Waals surface area contributed by atoms with Gasteiger partial charge in [0, 0.05) is 34.5 Å². The maximum Gasteiger partial charge on any atom is 0.251 e. The summed E-state index contributed by atoms with van der Waals surface area (Å²) in [4.78, 5) is 16.6. The van der Waals surface area contributed by atoms with Crippen molar-refractivity contribution in [2.75, 3.05) is 6.54 Å². The second kappa shape index (κ2) is 7.40. The SMILES string of the molecule is O=C(NCCc1nc(-c2ccc(Cl)cc2)cs1)c1ccccc1. The van der Waals surface area contributed by atoms with Crippen LogP contribution in [0, 0.1) is 0 Å². The Morgan fingerprint density at radius 2 is 1.83 bits per heavy atom. The fraction of sp³-hybridized carbons (Fsp3) is 0.111. The van der Waals surface area contributed by atoms with E-state index in [1.165, 1.54) is 0 Å². The third kappa shape index (κ3) is 4.18. The molecule has 0 bridgehead atoms. The molecule has 0 fully saturated rings. The topological polar surface area (TPSA) is 42.0 Å². The van der Waals surface area contributed by atoms with Crippen LogP contribution >= 0.6 is 22.9 Å². The van der Waals surface area contributed by atoms with E-state index in [0.29, 0.717) is 17.1 Å². The van der Waals surface area contributed by atoms with Crippen LogP contribution in [0.15, 0.2) is 60.0 Å². The summed E-state index contributed by atoms with van der Waals surface area (Å²) in [7, 11) is 0. The van der Waals surface area contributed by atoms with Crippen molar-refractivity contribution in [3.8, 4) is 11.3 Å². The number of aromatic nitrogens is 1. The number of carbonyl (C=O) groups excluding carboxylic acids is 1. The van der Waals surface area contributed by atoms with Gasteiger partial charge in [-0.1, -0.05) is 41.9 Å². The molecule has 0 aliphatic rings. The molecule has 1 heterocycles. The molecular formula is C18H15ClN2OS. The smallest absolute Gasteiger partial charge is 0.251 e. The highest BCUT2D eigenvalue weighted by atomic mass is 35.5. The second-order valence-corrected chi connectivity index (χ2v) is 6.38. The Kier molecular flexibility index (Phi) is 5.05. The van der Waals surface area contributed by atoms with Crippen LogP contribution < -0.4 is 5.32 Å². The molecule has 2 aromatic carbocycles. The maximum atomic E-state index is 12.0. The summed E-state index contributed by atoms with van der Waals surface area (Å²) < 4.78 is 0. The number of halogens is 1. The number of carbonyl (C=O) groups is 1. The zero-order chi connectivity index (χ0) is 16.1. The molecule has 5 heteroatoms. The number of nitrogens with zero attached hydrogens (tertiary/aromatic N) is 1. The van der Waals surface area contributed by atoms with Crippen LogP contribution in [0.4, 0.5) is 0 Å². The average Bonchev–Trinajstić information content (AvgIpc) is 3.05. The minimum absolute atomic E-state index is 0.0555. The first-order chi connectivity index (χ1) is 11.2. The summed E-state index contributed by atoms with van der Waals surface area (Å²) in [5.41, 5.74) is 2.66. The van der Waals surface area contributed by atoms with E-state index in [-0.39, 0.29) is 5.91 Å². The fourth-order valence-corrected chi connectivity index (χ4v) is 3.09. The Hall–Kier alpha value is -2.17. The Balaban J connectivity index is 1.55. The molecule has 0 spiro atoms. The van der Waals surface area contributed by atoms with Crippen molar-refractivity contribution >= 4 is 28.8 Å². The maximum absolute atomic E-state index is 12.0. The van der Waals surface area contributed by atoms with E-state index in [9.17, 15) is 4.79 Å². The lowest BCUT2D eigenvalue weighted by atomic mass is 10.2. The lowest BCUT2D eigenvalue weighted by molar-refractivity contribution is 0.0954. The van der Waals surface area contributed by atoms with Gasteiger partial charge in [-0.2, -0.15) is 0 Å². The second-order valence-electron chi connectivity index (χ2n) is 5.01. The van der Waals surface area contributed by atoms with Gasteiger partial charge in [-0.25, -0.2) is 4.98 Å². The molecule has 3 nitrogen and oxygen atoms in total. The molecule has 0 radical (unpaired) electrons. The molecule has 3 rings (SSSR count). The van der Waals surface area contributed by atoms with E-state index < -0.39 is 0 Å². The molecule has 0 aliphatic carbocycles. The quantitative estimate of drug-likeness (QED) is 0.745. The van der Waals surface area contributed by atoms with E-state index in [0.717, 1.165) is 22.7 Å². The summed E-state index contributed by atoms with van der Waals surface area (Å²) in [5.74, 6) is -0.0555. The van der Waals surface area contributed by atoms with Crippen molar-refractivity contribution in [1.82, 2.24) is 10.3 Å². The fourth-order valence-electron chi connectivity index (χ4n) is 2.15. The van der Waals surface area contributed by atoms with Gasteiger partial charge >= 0.3 is 0 Å². The number of amides is 1. The number of thiazole rings is 1. The predicted molar refractivity (Wildman–Crippen MR) is 95.0 cm³/mol. The molecule has 0 saturated carbocycles. The van der Waals surface area contributed by atoms with Crippen LogP contribution in [0.2, 0.25) is 5.02 Å². The van der Waals surface area contributed by atoms with Gasteiger partial charge in [0.25, 0.3) is 5.91 Å². The summed E-state index contributed by atoms with van der Waals surface area (Å²) in [6.45, 7) is 0.571. The Morgan fingerprint density at radius 3 is 2.57 bits per heavy atom. The zero-order valence-corrected chi connectivity index (χ0v) is 13.9. The largest absolute Gasteiger partial charge is 0.352 e. The van der Waals surface area contributed by atoms with Crippen LogP contribution in [0.25, 0.3) is 11.3 Å². The zero-order valence-electron chi connectivity index (χ0n) is 12.3. The van der Waals surface area contributed by atoms with Crippen LogP contribution in [-0.4, -0.2) is 17.4 Å². The highest BCUT2D eigenvalue weighted by Crippen LogP contribution is 2.23. The molecule has 116 valence electrons. The van der Waals surface area contributed by atoms with Crippen LogP contribution in [0.1, 0.15) is 15.4 Å². The standard InChI is InChI=1S/C18H15ClN2OS/c19-15-8-6-13(7-9-15)16-12-23-17(21-16)10-11-20-18(22)14-4-2-1-3-5-14/h1-9,12H,10-11H2,(H,20,22). The van der Waals surface area contributed by atoms with Crippen LogP contribution in [0.3, 0.4) is 0 Å². The van der Waals surface area contributed by atoms with Gasteiger partial charge in [0.1, 0.15) is 0 Å². The molecule has 3 aromatic rings. The first kappa shape index (κ1) is 15.7. The number of rotatable bonds is 5. The first-order valence-corrected chi connectivity index (χ1v) is 8.52. The normalized spacial score (nSPS) is 10.5. The molecule has 1 aromatic heterocycles. The van der Waals surface area contributed by atoms with E-state index >= 15 is 0 Å². The monoisotopic (exact) mass is 342 g/mol. The van der Waals surface area contributed by atoms with E-state index in [4.69, 9.17) is 11.6 Å². The Morgan fingerprint density at radius 1 is 1.09 bits per heavy atom. The number of hydrogen-bond acceptors (Lipinski definition) is 3. The highest BCUT2D eigenvalue weighted by Gasteiger charge is 2.07. The summed E-state index contributed by atoms with van der Waals surface area (Å²) >= 11 is 7.50. The van der Waals surface area contributed by atoms with Crippen LogP contribution in [-0.2, 0) is 6.42 Å². The molecule has 0 atom stereocenters. The predicted octanol–water partition coefficient (Wildman–Crippen LogP) is 4.44. The number of hydrogen-bond donors (Lipinski definition) is 1. The number of nitrogens with one attached hydrogen (secondary N) is 1. The Labute approximate surface area is 144 Å². The molecule has 0 unspecified atom stereocenters. The van der Waals surface area contributed by atoms with Gasteiger partial charge in [-0.15, -0.1) is 11.3 Å². The van der Waals surface area contributed by atoms with E-state index in [2.05, 4.69) is 10.3 Å². The van der Waals surface area contributed by atoms with Crippen molar-refractivity contribution in [1.29, 1.82) is 0 Å². The molecular weight excluding hydrogens is 328 g/mol. The minimum atomic E-state index is -0.0555. The summed E-state index contributed by atoms with van der Waals surface area (Å²) in [5, 5.41) is 6.66. The molecule has 1 N–H and O–H groups in total. The molecule has 0 saturated heterocycles. The van der Waals surface area contributed by atoms with Gasteiger partial charge in [0.15, 0.2) is 0 Å². The van der Waals surface area contributed by atoms with Gasteiger partial charge < -0.3 is 5.32 Å². The van der Waals surface area contributed by atoms with Crippen molar-refractivity contribution in [3.05, 3.63) is 75.6 Å². The Bertz CT molecular complexity index is 784. The van der Waals surface area contributed by atoms with Gasteiger partial charge in [-0.3, -0.25) is 4.79 Å². The van der Waals surface area contributed by atoms with Crippen molar-refractivity contribution in [2.45, 2.75) is 6.42 Å². The average molecular weight is 343 g/mol. The minimum Gasteiger partial charge on any atom is -0.352 e. The van der Waals surface area contributed by atoms with Gasteiger partial charge in [-0.05, 0) is 24.3 Å². The van der Waals surface area contributed by atoms with Crippen molar-refractivity contribution in [3.63, 3.8) is 0 Å². The third-order valence-electron chi connectivity index (χ3n) is 3.35. The third-order valence-corrected chi connectivity index (χ3v) is 4.51. The van der Waals surface area contributed by atoms with Gasteiger partial charge in [0.05, 0.1) is 10.7 Å². The van der Waals surface area contributed by atoms with Crippen molar-refractivity contribution in [2.24, 2.45) is 0 Å². The number of benzene rings is 2. The molecule has 1 amide bonds. The summed E-state index contributed by atoms with van der Waals surface area (Å²) in [6, 6.07) is 16.8. The molecule has 23 heavy (non-hydrogen) atoms. The van der Waals surface area contributed by atoms with Gasteiger partial charge in [0.2, 0.25) is 0 Å². The van der Waals surface area contributed by atoms with E-state index in [1.54, 1.807) is 23.5 Å². The lowest BCUT2D eigenvalue weighted by Gasteiger charge is -2.03. The van der Waals surface area contributed by atoms with Crippen molar-refractivity contribution < 1.29 is 4.79 Å².